The molecule has 7 heteroatoms. The molecule has 73 valence electrons. The van der Waals surface area contributed by atoms with Crippen molar-refractivity contribution in [1.82, 2.24) is 0 Å². The third kappa shape index (κ3) is 3.14. The van der Waals surface area contributed by atoms with Gasteiger partial charge in [0.25, 0.3) is 10.1 Å². The second kappa shape index (κ2) is 4.99. The van der Waals surface area contributed by atoms with Crippen LogP contribution in [0.5, 0.6) is 5.75 Å². The summed E-state index contributed by atoms with van der Waals surface area (Å²) in [6.45, 7) is 0. The molecule has 0 bridgehead atoms. The summed E-state index contributed by atoms with van der Waals surface area (Å²) >= 11 is 0. The van der Waals surface area contributed by atoms with Crippen molar-refractivity contribution in [2.24, 2.45) is 0 Å². The topological polar surface area (TPSA) is 89.6 Å². The van der Waals surface area contributed by atoms with E-state index in [1.54, 1.807) is 0 Å². The zero-order valence-corrected chi connectivity index (χ0v) is 10.7. The number of nitrogen functional groups attached to an aromatic ring is 1. The van der Waals surface area contributed by atoms with Crippen molar-refractivity contribution < 1.29 is 17.7 Å². The average molecular weight is 226 g/mol. The number of hydrogen-bond acceptors (Lipinski definition) is 4. The van der Waals surface area contributed by atoms with Crippen molar-refractivity contribution in [3.8, 4) is 5.75 Å². The van der Waals surface area contributed by atoms with Crippen LogP contribution in [0, 0.1) is 0 Å². The van der Waals surface area contributed by atoms with Crippen molar-refractivity contribution in [1.29, 1.82) is 0 Å². The van der Waals surface area contributed by atoms with Crippen molar-refractivity contribution in [2.45, 2.75) is 4.90 Å². The van der Waals surface area contributed by atoms with Crippen LogP contribution in [0.3, 0.4) is 0 Å². The Labute approximate surface area is 104 Å². The van der Waals surface area contributed by atoms with Crippen LogP contribution in [0.15, 0.2) is 23.1 Å². The Kier molecular flexibility index (Phi) is 4.90. The third-order valence-corrected chi connectivity index (χ3v) is 2.35. The minimum absolute atomic E-state index is 0. The Morgan fingerprint density at radius 3 is 2.36 bits per heavy atom. The summed E-state index contributed by atoms with van der Waals surface area (Å²) in [7, 11) is -2.77. The van der Waals surface area contributed by atoms with Gasteiger partial charge in [0.2, 0.25) is 0 Å². The zero-order chi connectivity index (χ0) is 10.1. The fourth-order valence-corrected chi connectivity index (χ4v) is 1.39. The monoisotopic (exact) mass is 226 g/mol. The Bertz CT molecular complexity index is 418. The number of anilines is 1. The predicted molar refractivity (Wildman–Crippen MR) is 53.0 cm³/mol. The normalized spacial score (nSPS) is 10.4. The van der Waals surface area contributed by atoms with Crippen molar-refractivity contribution in [2.75, 3.05) is 12.8 Å². The fraction of sp³-hybridized carbons (Fsp3) is 0.143. The number of nitrogens with two attached hydrogens (primary N) is 1. The Balaban J connectivity index is 0.00000169. The molecule has 0 aliphatic carbocycles. The van der Waals surface area contributed by atoms with E-state index >= 15 is 0 Å². The van der Waals surface area contributed by atoms with Crippen LogP contribution in [-0.4, -0.2) is 49.6 Å². The van der Waals surface area contributed by atoms with Crippen molar-refractivity contribution >= 4 is 45.4 Å². The van der Waals surface area contributed by atoms with E-state index in [4.69, 9.17) is 15.0 Å². The van der Waals surface area contributed by atoms with E-state index in [0.29, 0.717) is 5.75 Å². The Morgan fingerprint density at radius 1 is 1.43 bits per heavy atom. The summed E-state index contributed by atoms with van der Waals surface area (Å²) in [5.74, 6) is 0.368. The molecule has 5 nitrogen and oxygen atoms in total. The molecule has 0 aliphatic rings. The van der Waals surface area contributed by atoms with E-state index in [-0.39, 0.29) is 40.1 Å². The zero-order valence-electron chi connectivity index (χ0n) is 7.89. The molecule has 1 rings (SSSR count). The van der Waals surface area contributed by atoms with Crippen LogP contribution in [0.25, 0.3) is 0 Å². The molecule has 0 unspecified atom stereocenters. The molecule has 14 heavy (non-hydrogen) atoms. The van der Waals surface area contributed by atoms with Crippen molar-refractivity contribution in [3.63, 3.8) is 0 Å². The molecule has 0 aromatic heterocycles. The van der Waals surface area contributed by atoms with Crippen LogP contribution >= 0.6 is 0 Å². The molecule has 0 fully saturated rings. The molecule has 0 aliphatic heterocycles. The minimum Gasteiger partial charge on any atom is -0.495 e. The van der Waals surface area contributed by atoms with E-state index in [1.807, 2.05) is 0 Å². The van der Waals surface area contributed by atoms with Gasteiger partial charge in [-0.2, -0.15) is 8.42 Å². The largest absolute Gasteiger partial charge is 0.495 e. The number of methoxy groups -OCH3 is 1. The van der Waals surface area contributed by atoms with Gasteiger partial charge in [0.15, 0.2) is 0 Å². The van der Waals surface area contributed by atoms with Gasteiger partial charge in [0.05, 0.1) is 17.7 Å². The van der Waals surface area contributed by atoms with Gasteiger partial charge in [0, 0.05) is 29.6 Å². The van der Waals surface area contributed by atoms with Crippen LogP contribution in [0.4, 0.5) is 5.69 Å². The maximum Gasteiger partial charge on any atom is 0.294 e. The maximum atomic E-state index is 10.6. The second-order valence-corrected chi connectivity index (χ2v) is 3.80. The van der Waals surface area contributed by atoms with Gasteiger partial charge in [-0.05, 0) is 18.2 Å². The molecule has 1 aromatic rings. The molecule has 3 N–H and O–H groups in total. The maximum absolute atomic E-state index is 10.6. The molecule has 0 amide bonds. The molecule has 0 saturated carbocycles. The van der Waals surface area contributed by atoms with Crippen LogP contribution in [0.2, 0.25) is 0 Å². The second-order valence-electron chi connectivity index (χ2n) is 2.38. The van der Waals surface area contributed by atoms with E-state index in [9.17, 15) is 8.42 Å². The smallest absolute Gasteiger partial charge is 0.294 e. The van der Waals surface area contributed by atoms with E-state index in [2.05, 4.69) is 0 Å². The molecule has 0 saturated heterocycles. The van der Waals surface area contributed by atoms with Gasteiger partial charge in [-0.3, -0.25) is 4.55 Å². The number of hydrogen-bond donors (Lipinski definition) is 2. The molecule has 0 spiro atoms. The van der Waals surface area contributed by atoms with Crippen LogP contribution in [0.1, 0.15) is 0 Å². The first-order valence-electron chi connectivity index (χ1n) is 3.36. The summed E-state index contributed by atoms with van der Waals surface area (Å²) in [6, 6.07) is 3.72. The standard InChI is InChI=1S/C7H9NO4S.Na/c1-12-7-3-2-5(4-6(7)8)13(9,10)11;/h2-4H,8H2,1H3,(H,9,10,11);. The summed E-state index contributed by atoms with van der Waals surface area (Å²) in [5.41, 5.74) is 5.59. The minimum atomic E-state index is -4.19. The van der Waals surface area contributed by atoms with Gasteiger partial charge in [0.1, 0.15) is 5.75 Å². The quantitative estimate of drug-likeness (QED) is 0.425. The molecule has 0 heterocycles. The number of rotatable bonds is 2. The Hall–Kier alpha value is -0.270. The first-order valence-corrected chi connectivity index (χ1v) is 4.80. The summed E-state index contributed by atoms with van der Waals surface area (Å²) in [6.07, 6.45) is 0. The van der Waals surface area contributed by atoms with E-state index in [0.717, 1.165) is 6.07 Å². The first kappa shape index (κ1) is 13.7. The summed E-state index contributed by atoms with van der Waals surface area (Å²) in [5, 5.41) is 0. The molecule has 1 radical (unpaired) electrons. The molecular weight excluding hydrogens is 217 g/mol. The molecule has 0 atom stereocenters. The van der Waals surface area contributed by atoms with Crippen LogP contribution in [-0.2, 0) is 10.1 Å². The van der Waals surface area contributed by atoms with Gasteiger partial charge in [-0.15, -0.1) is 0 Å². The molecular formula is C7H9NNaO4S. The van der Waals surface area contributed by atoms with E-state index in [1.165, 1.54) is 19.2 Å². The fourth-order valence-electron chi connectivity index (χ4n) is 0.873. The van der Waals surface area contributed by atoms with Gasteiger partial charge in [-0.1, -0.05) is 0 Å². The van der Waals surface area contributed by atoms with Crippen LogP contribution < -0.4 is 10.5 Å². The van der Waals surface area contributed by atoms with Gasteiger partial charge < -0.3 is 10.5 Å². The predicted octanol–water partition coefficient (Wildman–Crippen LogP) is 0.143. The van der Waals surface area contributed by atoms with Gasteiger partial charge >= 0.3 is 0 Å². The third-order valence-electron chi connectivity index (χ3n) is 1.50. The van der Waals surface area contributed by atoms with E-state index < -0.39 is 10.1 Å². The molecule has 1 aromatic carbocycles. The number of benzene rings is 1. The first-order chi connectivity index (χ1) is 5.95. The number of ether oxygens (including phenoxy) is 1. The van der Waals surface area contributed by atoms with Crippen molar-refractivity contribution in [3.05, 3.63) is 18.2 Å². The average Bonchev–Trinajstić information content (AvgIpc) is 2.02. The Morgan fingerprint density at radius 2 is 2.00 bits per heavy atom. The SMILES string of the molecule is COc1ccc(S(=O)(=O)O)cc1N.[Na]. The summed E-state index contributed by atoms with van der Waals surface area (Å²) in [4.78, 5) is -0.245. The summed E-state index contributed by atoms with van der Waals surface area (Å²) < 4.78 is 34.8. The van der Waals surface area contributed by atoms with Gasteiger partial charge in [-0.25, -0.2) is 0 Å².